The standard InChI is InChI=1S/C20H26N2O4S2/c1-5-19(20(23)21-15-8-7-9-18(14-15)27-3)22(28(4,24)25)16-10-12-17(13-11-16)26-6-2/h7-14,19H,5-6H2,1-4H3,(H,21,23). The first-order valence-electron chi connectivity index (χ1n) is 8.97. The van der Waals surface area contributed by atoms with Crippen LogP contribution in [0, 0.1) is 0 Å². The second-order valence-electron chi connectivity index (χ2n) is 6.13. The molecule has 0 saturated heterocycles. The molecule has 1 amide bonds. The Kier molecular flexibility index (Phi) is 7.77. The van der Waals surface area contributed by atoms with E-state index in [-0.39, 0.29) is 5.91 Å². The van der Waals surface area contributed by atoms with Gasteiger partial charge in [0.1, 0.15) is 11.8 Å². The smallest absolute Gasteiger partial charge is 0.248 e. The molecule has 2 aromatic rings. The van der Waals surface area contributed by atoms with Crippen LogP contribution >= 0.6 is 11.8 Å². The van der Waals surface area contributed by atoms with Crippen LogP contribution in [0.5, 0.6) is 5.75 Å². The van der Waals surface area contributed by atoms with Crippen molar-refractivity contribution >= 4 is 39.1 Å². The normalized spacial score (nSPS) is 12.3. The van der Waals surface area contributed by atoms with E-state index in [1.807, 2.05) is 31.4 Å². The number of thioether (sulfide) groups is 1. The number of carbonyl (C=O) groups is 1. The van der Waals surface area contributed by atoms with E-state index in [0.717, 1.165) is 15.5 Å². The molecule has 1 atom stereocenters. The molecule has 0 bridgehead atoms. The molecule has 0 spiro atoms. The van der Waals surface area contributed by atoms with Gasteiger partial charge in [-0.05, 0) is 62.1 Å². The van der Waals surface area contributed by atoms with Gasteiger partial charge in [0, 0.05) is 10.6 Å². The molecule has 0 fully saturated rings. The van der Waals surface area contributed by atoms with Gasteiger partial charge in [-0.2, -0.15) is 0 Å². The maximum absolute atomic E-state index is 12.9. The van der Waals surface area contributed by atoms with E-state index in [0.29, 0.717) is 30.2 Å². The molecule has 1 N–H and O–H groups in total. The molecule has 0 aromatic heterocycles. The molecule has 0 aliphatic heterocycles. The first-order chi connectivity index (χ1) is 13.3. The zero-order valence-electron chi connectivity index (χ0n) is 16.5. The molecule has 0 aliphatic carbocycles. The van der Waals surface area contributed by atoms with Crippen LogP contribution in [-0.4, -0.2) is 39.5 Å². The Labute approximate surface area is 171 Å². The van der Waals surface area contributed by atoms with Gasteiger partial charge in [-0.3, -0.25) is 9.10 Å². The predicted molar refractivity (Wildman–Crippen MR) is 116 cm³/mol. The predicted octanol–water partition coefficient (Wildman–Crippen LogP) is 3.99. The molecule has 28 heavy (non-hydrogen) atoms. The Morgan fingerprint density at radius 1 is 1.18 bits per heavy atom. The number of benzene rings is 2. The minimum atomic E-state index is -3.68. The number of rotatable bonds is 9. The highest BCUT2D eigenvalue weighted by molar-refractivity contribution is 7.98. The van der Waals surface area contributed by atoms with Crippen molar-refractivity contribution < 1.29 is 17.9 Å². The minimum absolute atomic E-state index is 0.328. The lowest BCUT2D eigenvalue weighted by Crippen LogP contribution is -2.47. The molecule has 0 heterocycles. The number of nitrogens with one attached hydrogen (secondary N) is 1. The maximum Gasteiger partial charge on any atom is 0.248 e. The highest BCUT2D eigenvalue weighted by atomic mass is 32.2. The quantitative estimate of drug-likeness (QED) is 0.619. The van der Waals surface area contributed by atoms with E-state index < -0.39 is 16.1 Å². The molecule has 0 aliphatic rings. The van der Waals surface area contributed by atoms with Gasteiger partial charge in [-0.25, -0.2) is 8.42 Å². The summed E-state index contributed by atoms with van der Waals surface area (Å²) in [5.74, 6) is 0.270. The number of sulfonamides is 1. The van der Waals surface area contributed by atoms with Crippen LogP contribution in [0.25, 0.3) is 0 Å². The summed E-state index contributed by atoms with van der Waals surface area (Å²) in [5, 5.41) is 2.84. The highest BCUT2D eigenvalue weighted by Gasteiger charge is 2.31. The van der Waals surface area contributed by atoms with Crippen LogP contribution in [0.3, 0.4) is 0 Å². The van der Waals surface area contributed by atoms with E-state index in [9.17, 15) is 13.2 Å². The zero-order valence-corrected chi connectivity index (χ0v) is 18.1. The number of carbonyl (C=O) groups excluding carboxylic acids is 1. The molecule has 152 valence electrons. The summed E-state index contributed by atoms with van der Waals surface area (Å²) in [7, 11) is -3.68. The summed E-state index contributed by atoms with van der Waals surface area (Å²) in [6.45, 7) is 4.18. The topological polar surface area (TPSA) is 75.7 Å². The van der Waals surface area contributed by atoms with Crippen LogP contribution in [0.4, 0.5) is 11.4 Å². The number of hydrogen-bond acceptors (Lipinski definition) is 5. The summed E-state index contributed by atoms with van der Waals surface area (Å²) in [5.41, 5.74) is 1.06. The SMILES string of the molecule is CCOc1ccc(N(C(CC)C(=O)Nc2cccc(SC)c2)S(C)(=O)=O)cc1. The third-order valence-electron chi connectivity index (χ3n) is 4.07. The van der Waals surface area contributed by atoms with Gasteiger partial charge in [-0.15, -0.1) is 11.8 Å². The van der Waals surface area contributed by atoms with Crippen molar-refractivity contribution in [1.29, 1.82) is 0 Å². The Bertz CT molecular complexity index is 899. The Hall–Kier alpha value is -2.19. The third-order valence-corrected chi connectivity index (χ3v) is 5.97. The van der Waals surface area contributed by atoms with Crippen LogP contribution < -0.4 is 14.4 Å². The summed E-state index contributed by atoms with van der Waals surface area (Å²) in [6.07, 6.45) is 3.38. The molecule has 8 heteroatoms. The summed E-state index contributed by atoms with van der Waals surface area (Å²) in [6, 6.07) is 13.3. The molecule has 0 saturated carbocycles. The summed E-state index contributed by atoms with van der Waals surface area (Å²) in [4.78, 5) is 13.9. The van der Waals surface area contributed by atoms with Gasteiger partial charge in [-0.1, -0.05) is 13.0 Å². The molecule has 1 unspecified atom stereocenters. The van der Waals surface area contributed by atoms with Gasteiger partial charge >= 0.3 is 0 Å². The van der Waals surface area contributed by atoms with Crippen LogP contribution in [0.15, 0.2) is 53.4 Å². The second-order valence-corrected chi connectivity index (χ2v) is 8.87. The van der Waals surface area contributed by atoms with Crippen molar-refractivity contribution in [3.63, 3.8) is 0 Å². The lowest BCUT2D eigenvalue weighted by atomic mass is 10.1. The number of hydrogen-bond donors (Lipinski definition) is 1. The Morgan fingerprint density at radius 2 is 1.86 bits per heavy atom. The van der Waals surface area contributed by atoms with E-state index >= 15 is 0 Å². The molecule has 0 radical (unpaired) electrons. The van der Waals surface area contributed by atoms with Gasteiger partial charge < -0.3 is 10.1 Å². The van der Waals surface area contributed by atoms with Crippen molar-refractivity contribution in [3.8, 4) is 5.75 Å². The number of amides is 1. The second kappa shape index (κ2) is 9.84. The minimum Gasteiger partial charge on any atom is -0.494 e. The molecule has 2 rings (SSSR count). The van der Waals surface area contributed by atoms with Crippen molar-refractivity contribution in [1.82, 2.24) is 0 Å². The van der Waals surface area contributed by atoms with Crippen molar-refractivity contribution in [2.24, 2.45) is 0 Å². The highest BCUT2D eigenvalue weighted by Crippen LogP contribution is 2.26. The van der Waals surface area contributed by atoms with Gasteiger partial charge in [0.05, 0.1) is 18.6 Å². The van der Waals surface area contributed by atoms with E-state index in [1.165, 1.54) is 0 Å². The van der Waals surface area contributed by atoms with E-state index in [2.05, 4.69) is 5.32 Å². The van der Waals surface area contributed by atoms with E-state index in [4.69, 9.17) is 4.74 Å². The molecular formula is C20H26N2O4S2. The van der Waals surface area contributed by atoms with Crippen molar-refractivity contribution in [2.75, 3.05) is 28.7 Å². The Morgan fingerprint density at radius 3 is 2.39 bits per heavy atom. The molecule has 2 aromatic carbocycles. The van der Waals surface area contributed by atoms with Gasteiger partial charge in [0.2, 0.25) is 15.9 Å². The van der Waals surface area contributed by atoms with E-state index in [1.54, 1.807) is 49.0 Å². The average Bonchev–Trinajstić information content (AvgIpc) is 2.66. The lowest BCUT2D eigenvalue weighted by Gasteiger charge is -2.30. The fourth-order valence-corrected chi connectivity index (χ4v) is 4.51. The fraction of sp³-hybridized carbons (Fsp3) is 0.350. The average molecular weight is 423 g/mol. The Balaban J connectivity index is 2.32. The van der Waals surface area contributed by atoms with Crippen LogP contribution in [0.2, 0.25) is 0 Å². The molecular weight excluding hydrogens is 396 g/mol. The number of ether oxygens (including phenoxy) is 1. The maximum atomic E-state index is 12.9. The van der Waals surface area contributed by atoms with Crippen LogP contribution in [-0.2, 0) is 14.8 Å². The monoisotopic (exact) mass is 422 g/mol. The van der Waals surface area contributed by atoms with Gasteiger partial charge in [0.25, 0.3) is 0 Å². The van der Waals surface area contributed by atoms with Crippen molar-refractivity contribution in [2.45, 2.75) is 31.2 Å². The zero-order chi connectivity index (χ0) is 20.7. The third kappa shape index (κ3) is 5.65. The van der Waals surface area contributed by atoms with Crippen LogP contribution in [0.1, 0.15) is 20.3 Å². The summed E-state index contributed by atoms with van der Waals surface area (Å²) < 4.78 is 31.6. The first-order valence-corrected chi connectivity index (χ1v) is 12.0. The lowest BCUT2D eigenvalue weighted by molar-refractivity contribution is -0.117. The fourth-order valence-electron chi connectivity index (χ4n) is 2.84. The molecule has 6 nitrogen and oxygen atoms in total. The number of nitrogens with zero attached hydrogens (tertiary/aromatic N) is 1. The first kappa shape index (κ1) is 22.1. The number of anilines is 2. The summed E-state index contributed by atoms with van der Waals surface area (Å²) >= 11 is 1.57. The van der Waals surface area contributed by atoms with Gasteiger partial charge in [0.15, 0.2) is 0 Å². The largest absolute Gasteiger partial charge is 0.494 e. The van der Waals surface area contributed by atoms with Crippen molar-refractivity contribution in [3.05, 3.63) is 48.5 Å².